The summed E-state index contributed by atoms with van der Waals surface area (Å²) in [4.78, 5) is 4.66. The number of benzene rings is 2. The van der Waals surface area contributed by atoms with Crippen LogP contribution in [0, 0.1) is 6.92 Å². The van der Waals surface area contributed by atoms with E-state index < -0.39 is 0 Å². The molecule has 0 saturated carbocycles. The summed E-state index contributed by atoms with van der Waals surface area (Å²) in [6.07, 6.45) is 0. The minimum absolute atomic E-state index is 0.702. The molecular formula is C19H15ClN4. The quantitative estimate of drug-likeness (QED) is 0.565. The third kappa shape index (κ3) is 2.84. The van der Waals surface area contributed by atoms with Crippen LogP contribution in [0.3, 0.4) is 0 Å². The van der Waals surface area contributed by atoms with Gasteiger partial charge in [0.2, 0.25) is 0 Å². The van der Waals surface area contributed by atoms with Gasteiger partial charge in [-0.25, -0.2) is 9.67 Å². The highest BCUT2D eigenvalue weighted by atomic mass is 35.5. The molecular weight excluding hydrogens is 320 g/mol. The van der Waals surface area contributed by atoms with Crippen LogP contribution in [0.25, 0.3) is 16.6 Å². The molecule has 0 spiro atoms. The molecule has 0 aliphatic carbocycles. The zero-order chi connectivity index (χ0) is 16.5. The summed E-state index contributed by atoms with van der Waals surface area (Å²) in [7, 11) is 0. The van der Waals surface area contributed by atoms with Crippen molar-refractivity contribution >= 4 is 34.1 Å². The Kier molecular flexibility index (Phi) is 3.67. The molecule has 0 radical (unpaired) electrons. The summed E-state index contributed by atoms with van der Waals surface area (Å²) in [5, 5.41) is 9.73. The molecule has 0 aliphatic rings. The number of hydrogen-bond donors (Lipinski definition) is 1. The number of rotatable bonds is 3. The molecule has 0 aliphatic heterocycles. The minimum atomic E-state index is 0.702. The molecule has 0 unspecified atom stereocenters. The highest BCUT2D eigenvalue weighted by molar-refractivity contribution is 6.30. The Morgan fingerprint density at radius 2 is 1.75 bits per heavy atom. The van der Waals surface area contributed by atoms with E-state index in [0.717, 1.165) is 33.9 Å². The van der Waals surface area contributed by atoms with Crippen LogP contribution in [-0.4, -0.2) is 14.8 Å². The van der Waals surface area contributed by atoms with Gasteiger partial charge in [-0.1, -0.05) is 29.8 Å². The van der Waals surface area contributed by atoms with Crippen LogP contribution in [0.2, 0.25) is 5.02 Å². The number of nitrogens with one attached hydrogen (secondary N) is 1. The van der Waals surface area contributed by atoms with Crippen molar-refractivity contribution < 1.29 is 0 Å². The first-order valence-electron chi connectivity index (χ1n) is 7.64. The maximum atomic E-state index is 5.97. The Hall–Kier alpha value is -2.85. The van der Waals surface area contributed by atoms with Crippen molar-refractivity contribution in [1.29, 1.82) is 0 Å². The number of aromatic nitrogens is 3. The van der Waals surface area contributed by atoms with E-state index in [4.69, 9.17) is 11.6 Å². The lowest BCUT2D eigenvalue weighted by Gasteiger charge is -2.10. The van der Waals surface area contributed by atoms with Crippen LogP contribution in [0.15, 0.2) is 66.7 Å². The van der Waals surface area contributed by atoms with Gasteiger partial charge in [-0.2, -0.15) is 5.10 Å². The smallest absolute Gasteiger partial charge is 0.135 e. The first-order chi connectivity index (χ1) is 11.7. The highest BCUT2D eigenvalue weighted by Gasteiger charge is 2.09. The molecule has 118 valence electrons. The van der Waals surface area contributed by atoms with E-state index in [-0.39, 0.29) is 0 Å². The molecule has 0 atom stereocenters. The van der Waals surface area contributed by atoms with Crippen molar-refractivity contribution in [3.63, 3.8) is 0 Å². The molecule has 1 N–H and O–H groups in total. The molecule has 4 aromatic rings. The molecule has 5 heteroatoms. The average Bonchev–Trinajstić information content (AvgIpc) is 2.96. The van der Waals surface area contributed by atoms with Gasteiger partial charge in [-0.3, -0.25) is 0 Å². The number of anilines is 2. The van der Waals surface area contributed by atoms with E-state index in [1.54, 1.807) is 0 Å². The van der Waals surface area contributed by atoms with Gasteiger partial charge in [0.15, 0.2) is 0 Å². The second-order valence-electron chi connectivity index (χ2n) is 5.57. The van der Waals surface area contributed by atoms with E-state index >= 15 is 0 Å². The second-order valence-corrected chi connectivity index (χ2v) is 6.01. The SMILES string of the molecule is Cc1cc(Nc2ccc3ccccc3n2)n(-c2ccc(Cl)cc2)n1. The van der Waals surface area contributed by atoms with Crippen LogP contribution < -0.4 is 5.32 Å². The Balaban J connectivity index is 1.72. The van der Waals surface area contributed by atoms with Crippen LogP contribution in [0.1, 0.15) is 5.69 Å². The summed E-state index contributed by atoms with van der Waals surface area (Å²) in [6, 6.07) is 21.6. The minimum Gasteiger partial charge on any atom is -0.325 e. The number of halogens is 1. The summed E-state index contributed by atoms with van der Waals surface area (Å²) in [6.45, 7) is 1.96. The first-order valence-corrected chi connectivity index (χ1v) is 8.02. The lowest BCUT2D eigenvalue weighted by molar-refractivity contribution is 0.869. The Morgan fingerprint density at radius 3 is 2.58 bits per heavy atom. The topological polar surface area (TPSA) is 42.7 Å². The molecule has 4 rings (SSSR count). The van der Waals surface area contributed by atoms with Gasteiger partial charge in [0.25, 0.3) is 0 Å². The highest BCUT2D eigenvalue weighted by Crippen LogP contribution is 2.23. The predicted molar refractivity (Wildman–Crippen MR) is 98.3 cm³/mol. The largest absolute Gasteiger partial charge is 0.325 e. The van der Waals surface area contributed by atoms with Crippen molar-refractivity contribution in [2.75, 3.05) is 5.32 Å². The van der Waals surface area contributed by atoms with Crippen LogP contribution in [0.5, 0.6) is 0 Å². The Bertz CT molecular complexity index is 1010. The summed E-state index contributed by atoms with van der Waals surface area (Å²) in [5.41, 5.74) is 2.82. The fourth-order valence-corrected chi connectivity index (χ4v) is 2.76. The molecule has 4 nitrogen and oxygen atoms in total. The van der Waals surface area contributed by atoms with E-state index in [9.17, 15) is 0 Å². The van der Waals surface area contributed by atoms with Gasteiger partial charge >= 0.3 is 0 Å². The number of hydrogen-bond acceptors (Lipinski definition) is 3. The molecule has 2 aromatic carbocycles. The molecule has 0 bridgehead atoms. The maximum Gasteiger partial charge on any atom is 0.135 e. The van der Waals surface area contributed by atoms with E-state index in [1.807, 2.05) is 72.3 Å². The molecule has 0 fully saturated rings. The van der Waals surface area contributed by atoms with Crippen LogP contribution >= 0.6 is 11.6 Å². The summed E-state index contributed by atoms with van der Waals surface area (Å²) >= 11 is 5.97. The standard InChI is InChI=1S/C19H15ClN4/c1-13-12-19(24(23-13)16-9-7-15(20)8-10-16)22-18-11-6-14-4-2-3-5-17(14)21-18/h2-12H,1H3,(H,21,22). The molecule has 2 heterocycles. The monoisotopic (exact) mass is 334 g/mol. The lowest BCUT2D eigenvalue weighted by Crippen LogP contribution is -2.03. The van der Waals surface area contributed by atoms with Crippen LogP contribution in [0.4, 0.5) is 11.6 Å². The van der Waals surface area contributed by atoms with Gasteiger partial charge in [0.05, 0.1) is 16.9 Å². The van der Waals surface area contributed by atoms with Crippen molar-refractivity contribution in [2.24, 2.45) is 0 Å². The third-order valence-corrected chi connectivity index (χ3v) is 4.01. The Labute approximate surface area is 144 Å². The van der Waals surface area contributed by atoms with Gasteiger partial charge in [-0.05, 0) is 49.4 Å². The zero-order valence-electron chi connectivity index (χ0n) is 13.1. The molecule has 2 aromatic heterocycles. The van der Waals surface area contributed by atoms with Crippen molar-refractivity contribution in [3.8, 4) is 5.69 Å². The van der Waals surface area contributed by atoms with Gasteiger partial charge in [0, 0.05) is 16.5 Å². The first kappa shape index (κ1) is 14.7. The number of nitrogens with zero attached hydrogens (tertiary/aromatic N) is 3. The molecule has 0 amide bonds. The predicted octanol–water partition coefficient (Wildman–Crippen LogP) is 5.13. The number of fused-ring (bicyclic) bond motifs is 1. The van der Waals surface area contributed by atoms with Crippen LogP contribution in [-0.2, 0) is 0 Å². The van der Waals surface area contributed by atoms with E-state index in [2.05, 4.69) is 21.5 Å². The maximum absolute atomic E-state index is 5.97. The lowest BCUT2D eigenvalue weighted by atomic mass is 10.2. The normalized spacial score (nSPS) is 10.9. The zero-order valence-corrected chi connectivity index (χ0v) is 13.8. The Morgan fingerprint density at radius 1 is 0.958 bits per heavy atom. The summed E-state index contributed by atoms with van der Waals surface area (Å²) < 4.78 is 1.85. The van der Waals surface area contributed by atoms with Gasteiger partial charge < -0.3 is 5.32 Å². The van der Waals surface area contributed by atoms with Gasteiger partial charge in [-0.15, -0.1) is 0 Å². The number of para-hydroxylation sites is 1. The van der Waals surface area contributed by atoms with Crippen molar-refractivity contribution in [2.45, 2.75) is 6.92 Å². The molecule has 24 heavy (non-hydrogen) atoms. The van der Waals surface area contributed by atoms with Crippen molar-refractivity contribution in [3.05, 3.63) is 77.4 Å². The fraction of sp³-hybridized carbons (Fsp3) is 0.0526. The number of aryl methyl sites for hydroxylation is 1. The molecule has 0 saturated heterocycles. The second kappa shape index (κ2) is 5.98. The van der Waals surface area contributed by atoms with Gasteiger partial charge in [0.1, 0.15) is 11.6 Å². The van der Waals surface area contributed by atoms with E-state index in [0.29, 0.717) is 5.02 Å². The van der Waals surface area contributed by atoms with Crippen molar-refractivity contribution in [1.82, 2.24) is 14.8 Å². The summed E-state index contributed by atoms with van der Waals surface area (Å²) in [5.74, 6) is 1.64. The fourth-order valence-electron chi connectivity index (χ4n) is 2.63. The number of pyridine rings is 1. The average molecular weight is 335 g/mol. The third-order valence-electron chi connectivity index (χ3n) is 3.76. The van der Waals surface area contributed by atoms with E-state index in [1.165, 1.54) is 0 Å².